The summed E-state index contributed by atoms with van der Waals surface area (Å²) in [5.41, 5.74) is 1.57. The number of pyridine rings is 1. The van der Waals surface area contributed by atoms with Crippen LogP contribution in [0.15, 0.2) is 41.9 Å². The molecule has 0 saturated heterocycles. The van der Waals surface area contributed by atoms with Crippen LogP contribution in [-0.2, 0) is 9.84 Å². The molecular weight excluding hydrogens is 350 g/mol. The third kappa shape index (κ3) is 2.94. The standard InChI is InChI=1S/C18H21N5O2S/c1-12-3-5-19-9-16(12)26(24,25)10-13-7-14(8-13)23(2)18-15-4-6-20-17(15)21-11-22-18/h3-6,9,11,13-14H,7-8,10H2,1-2H3,(H,20,21,22). The molecule has 0 amide bonds. The Labute approximate surface area is 152 Å². The average molecular weight is 371 g/mol. The summed E-state index contributed by atoms with van der Waals surface area (Å²) >= 11 is 0. The van der Waals surface area contributed by atoms with Gasteiger partial charge in [-0.15, -0.1) is 0 Å². The number of hydrogen-bond donors (Lipinski definition) is 1. The van der Waals surface area contributed by atoms with Crippen LogP contribution in [0.5, 0.6) is 0 Å². The van der Waals surface area contributed by atoms with Crippen molar-refractivity contribution in [1.82, 2.24) is 19.9 Å². The largest absolute Gasteiger partial charge is 0.356 e. The molecule has 4 rings (SSSR count). The summed E-state index contributed by atoms with van der Waals surface area (Å²) in [4.78, 5) is 18.2. The fourth-order valence-electron chi connectivity index (χ4n) is 3.64. The first-order valence-electron chi connectivity index (χ1n) is 8.60. The van der Waals surface area contributed by atoms with Crippen LogP contribution in [0.1, 0.15) is 18.4 Å². The zero-order chi connectivity index (χ0) is 18.3. The predicted octanol–water partition coefficient (Wildman–Crippen LogP) is 2.35. The molecule has 0 bridgehead atoms. The minimum atomic E-state index is -3.30. The van der Waals surface area contributed by atoms with E-state index in [0.717, 1.165) is 35.3 Å². The van der Waals surface area contributed by atoms with Gasteiger partial charge in [0.2, 0.25) is 0 Å². The Morgan fingerprint density at radius 1 is 1.27 bits per heavy atom. The molecule has 3 aromatic heterocycles. The molecule has 1 N–H and O–H groups in total. The van der Waals surface area contributed by atoms with E-state index in [1.54, 1.807) is 18.6 Å². The van der Waals surface area contributed by atoms with Gasteiger partial charge in [-0.25, -0.2) is 18.4 Å². The Morgan fingerprint density at radius 3 is 2.85 bits per heavy atom. The zero-order valence-corrected chi connectivity index (χ0v) is 15.6. The van der Waals surface area contributed by atoms with Crippen molar-refractivity contribution >= 4 is 26.7 Å². The number of nitrogens with one attached hydrogen (secondary N) is 1. The monoisotopic (exact) mass is 371 g/mol. The Hall–Kier alpha value is -2.48. The molecule has 3 heterocycles. The van der Waals surface area contributed by atoms with Gasteiger partial charge in [0, 0.05) is 31.7 Å². The molecule has 1 aliphatic rings. The second kappa shape index (κ2) is 6.35. The van der Waals surface area contributed by atoms with Gasteiger partial charge < -0.3 is 9.88 Å². The minimum Gasteiger partial charge on any atom is -0.356 e. The summed E-state index contributed by atoms with van der Waals surface area (Å²) in [6.45, 7) is 1.81. The number of aromatic nitrogens is 4. The van der Waals surface area contributed by atoms with Gasteiger partial charge >= 0.3 is 0 Å². The van der Waals surface area contributed by atoms with Crippen molar-refractivity contribution in [2.24, 2.45) is 5.92 Å². The van der Waals surface area contributed by atoms with Crippen LogP contribution in [-0.4, -0.2) is 47.2 Å². The van der Waals surface area contributed by atoms with E-state index in [0.29, 0.717) is 4.90 Å². The second-order valence-corrected chi connectivity index (χ2v) is 8.96. The van der Waals surface area contributed by atoms with E-state index in [-0.39, 0.29) is 17.7 Å². The molecule has 0 aromatic carbocycles. The molecule has 8 heteroatoms. The highest BCUT2D eigenvalue weighted by Crippen LogP contribution is 2.36. The van der Waals surface area contributed by atoms with Gasteiger partial charge in [-0.3, -0.25) is 4.98 Å². The number of aryl methyl sites for hydroxylation is 1. The maximum atomic E-state index is 12.7. The third-order valence-corrected chi connectivity index (χ3v) is 7.21. The van der Waals surface area contributed by atoms with Crippen LogP contribution in [0, 0.1) is 12.8 Å². The van der Waals surface area contributed by atoms with Crippen LogP contribution in [0.4, 0.5) is 5.82 Å². The van der Waals surface area contributed by atoms with E-state index < -0.39 is 9.84 Å². The smallest absolute Gasteiger partial charge is 0.180 e. The molecule has 136 valence electrons. The molecule has 0 radical (unpaired) electrons. The van der Waals surface area contributed by atoms with Gasteiger partial charge in [-0.05, 0) is 43.4 Å². The van der Waals surface area contributed by atoms with Crippen LogP contribution < -0.4 is 4.90 Å². The van der Waals surface area contributed by atoms with E-state index in [1.165, 1.54) is 6.20 Å². The summed E-state index contributed by atoms with van der Waals surface area (Å²) in [6, 6.07) is 3.99. The van der Waals surface area contributed by atoms with Crippen LogP contribution in [0.25, 0.3) is 11.0 Å². The summed E-state index contributed by atoms with van der Waals surface area (Å²) in [5.74, 6) is 1.22. The number of nitrogens with zero attached hydrogens (tertiary/aromatic N) is 4. The molecule has 26 heavy (non-hydrogen) atoms. The Morgan fingerprint density at radius 2 is 2.08 bits per heavy atom. The lowest BCUT2D eigenvalue weighted by molar-refractivity contribution is 0.282. The number of rotatable bonds is 5. The molecule has 0 atom stereocenters. The third-order valence-electron chi connectivity index (χ3n) is 5.21. The fraction of sp³-hybridized carbons (Fsp3) is 0.389. The van der Waals surface area contributed by atoms with Crippen molar-refractivity contribution in [3.8, 4) is 0 Å². The number of sulfone groups is 1. The highest BCUT2D eigenvalue weighted by Gasteiger charge is 2.36. The molecule has 3 aromatic rings. The predicted molar refractivity (Wildman–Crippen MR) is 99.8 cm³/mol. The molecule has 0 aliphatic heterocycles. The molecule has 0 unspecified atom stereocenters. The number of H-pyrrole nitrogens is 1. The summed E-state index contributed by atoms with van der Waals surface area (Å²) in [5, 5.41) is 0.983. The van der Waals surface area contributed by atoms with Gasteiger partial charge in [0.25, 0.3) is 0 Å². The lowest BCUT2D eigenvalue weighted by atomic mass is 9.81. The van der Waals surface area contributed by atoms with Gasteiger partial charge in [0.1, 0.15) is 17.8 Å². The number of fused-ring (bicyclic) bond motifs is 1. The Bertz CT molecular complexity index is 1040. The first-order chi connectivity index (χ1) is 12.5. The van der Waals surface area contributed by atoms with Gasteiger partial charge in [-0.2, -0.15) is 0 Å². The molecule has 7 nitrogen and oxygen atoms in total. The summed E-state index contributed by atoms with van der Waals surface area (Å²) in [7, 11) is -1.29. The maximum Gasteiger partial charge on any atom is 0.180 e. The van der Waals surface area contributed by atoms with E-state index in [1.807, 2.05) is 26.2 Å². The quantitative estimate of drug-likeness (QED) is 0.740. The average Bonchev–Trinajstić information content (AvgIpc) is 3.06. The van der Waals surface area contributed by atoms with E-state index >= 15 is 0 Å². The van der Waals surface area contributed by atoms with E-state index in [9.17, 15) is 8.42 Å². The van der Waals surface area contributed by atoms with E-state index in [4.69, 9.17) is 0 Å². The van der Waals surface area contributed by atoms with E-state index in [2.05, 4.69) is 24.8 Å². The Balaban J connectivity index is 1.44. The molecule has 1 fully saturated rings. The van der Waals surface area contributed by atoms with Gasteiger partial charge in [0.15, 0.2) is 9.84 Å². The summed E-state index contributed by atoms with van der Waals surface area (Å²) < 4.78 is 25.3. The SMILES string of the molecule is Cc1ccncc1S(=O)(=O)CC1CC(N(C)c2ncnc3[nH]ccc23)C1. The first-order valence-corrected chi connectivity index (χ1v) is 10.3. The highest BCUT2D eigenvalue weighted by molar-refractivity contribution is 7.91. The topological polar surface area (TPSA) is 91.8 Å². The van der Waals surface area contributed by atoms with Gasteiger partial charge in [0.05, 0.1) is 16.0 Å². The normalized spacial score (nSPS) is 20.1. The van der Waals surface area contributed by atoms with Crippen molar-refractivity contribution in [2.75, 3.05) is 17.7 Å². The van der Waals surface area contributed by atoms with Crippen molar-refractivity contribution in [2.45, 2.75) is 30.7 Å². The number of aromatic amines is 1. The van der Waals surface area contributed by atoms with Crippen LogP contribution >= 0.6 is 0 Å². The zero-order valence-electron chi connectivity index (χ0n) is 14.8. The van der Waals surface area contributed by atoms with Crippen molar-refractivity contribution in [3.63, 3.8) is 0 Å². The summed E-state index contributed by atoms with van der Waals surface area (Å²) in [6.07, 6.45) is 8.15. The van der Waals surface area contributed by atoms with Crippen molar-refractivity contribution < 1.29 is 8.42 Å². The molecule has 0 spiro atoms. The molecule has 1 aliphatic carbocycles. The second-order valence-electron chi connectivity index (χ2n) is 6.96. The van der Waals surface area contributed by atoms with Gasteiger partial charge in [-0.1, -0.05) is 0 Å². The van der Waals surface area contributed by atoms with Crippen molar-refractivity contribution in [1.29, 1.82) is 0 Å². The van der Waals surface area contributed by atoms with Crippen molar-refractivity contribution in [3.05, 3.63) is 42.6 Å². The Kier molecular flexibility index (Phi) is 4.14. The van der Waals surface area contributed by atoms with Crippen LogP contribution in [0.2, 0.25) is 0 Å². The maximum absolute atomic E-state index is 12.7. The number of anilines is 1. The lowest BCUT2D eigenvalue weighted by Crippen LogP contribution is -2.45. The first kappa shape index (κ1) is 17.0. The molecular formula is C18H21N5O2S. The lowest BCUT2D eigenvalue weighted by Gasteiger charge is -2.41. The number of hydrogen-bond acceptors (Lipinski definition) is 6. The fourth-order valence-corrected chi connectivity index (χ4v) is 5.49. The minimum absolute atomic E-state index is 0.163. The van der Waals surface area contributed by atoms with Crippen LogP contribution in [0.3, 0.4) is 0 Å². The molecule has 1 saturated carbocycles. The highest BCUT2D eigenvalue weighted by atomic mass is 32.2.